The van der Waals surface area contributed by atoms with Crippen LogP contribution in [0.4, 0.5) is 10.1 Å². The summed E-state index contributed by atoms with van der Waals surface area (Å²) >= 11 is 0. The molecule has 0 bridgehead atoms. The number of carbonyl (C=O) groups excluding carboxylic acids is 1. The zero-order valence-electron chi connectivity index (χ0n) is 16.6. The number of pyridine rings is 1. The highest BCUT2D eigenvalue weighted by Crippen LogP contribution is 2.27. The number of hydrogen-bond donors (Lipinski definition) is 1. The molecule has 154 valence electrons. The monoisotopic (exact) mass is 417 g/mol. The van der Waals surface area contributed by atoms with E-state index in [1.807, 2.05) is 23.9 Å². The number of fused-ring (bicyclic) bond motifs is 1. The van der Waals surface area contributed by atoms with Crippen LogP contribution >= 0.6 is 0 Å². The molecule has 0 spiro atoms. The van der Waals surface area contributed by atoms with Gasteiger partial charge in [0.1, 0.15) is 0 Å². The molecule has 0 saturated heterocycles. The summed E-state index contributed by atoms with van der Waals surface area (Å²) in [7, 11) is 1.89. The lowest BCUT2D eigenvalue weighted by atomic mass is 10.1. The van der Waals surface area contributed by atoms with E-state index >= 15 is 0 Å². The van der Waals surface area contributed by atoms with E-state index in [4.69, 9.17) is 4.52 Å². The SMILES string of the molecule is Cc1nc(-c2cccc(NC(=O)c3cnn4cc(-c5cn(C)cn5)ccc34)c2F)no1. The molecular formula is C21H16FN7O2. The minimum atomic E-state index is -0.648. The van der Waals surface area contributed by atoms with Crippen molar-refractivity contribution >= 4 is 17.1 Å². The van der Waals surface area contributed by atoms with Crippen LogP contribution in [-0.4, -0.2) is 35.2 Å². The minimum Gasteiger partial charge on any atom is -0.340 e. The smallest absolute Gasteiger partial charge is 0.259 e. The lowest BCUT2D eigenvalue weighted by Crippen LogP contribution is -2.13. The maximum absolute atomic E-state index is 15.0. The number of nitrogens with zero attached hydrogens (tertiary/aromatic N) is 6. The molecule has 5 rings (SSSR count). The molecule has 0 saturated carbocycles. The van der Waals surface area contributed by atoms with Gasteiger partial charge in [-0.3, -0.25) is 4.79 Å². The lowest BCUT2D eigenvalue weighted by Gasteiger charge is -2.08. The summed E-state index contributed by atoms with van der Waals surface area (Å²) in [5.74, 6) is -0.698. The number of hydrogen-bond acceptors (Lipinski definition) is 6. The second-order valence-corrected chi connectivity index (χ2v) is 6.99. The Morgan fingerprint density at radius 1 is 1.19 bits per heavy atom. The van der Waals surface area contributed by atoms with Crippen LogP contribution in [0.1, 0.15) is 16.2 Å². The van der Waals surface area contributed by atoms with Gasteiger partial charge in [0.05, 0.1) is 40.5 Å². The molecule has 9 nitrogen and oxygen atoms in total. The number of halogens is 1. The van der Waals surface area contributed by atoms with Crippen LogP contribution < -0.4 is 5.32 Å². The molecule has 10 heteroatoms. The third-order valence-corrected chi connectivity index (χ3v) is 4.78. The number of benzene rings is 1. The largest absolute Gasteiger partial charge is 0.340 e. The van der Waals surface area contributed by atoms with Gasteiger partial charge in [-0.2, -0.15) is 10.1 Å². The zero-order valence-corrected chi connectivity index (χ0v) is 16.6. The predicted molar refractivity (Wildman–Crippen MR) is 110 cm³/mol. The molecular weight excluding hydrogens is 401 g/mol. The maximum Gasteiger partial charge on any atom is 0.259 e. The van der Waals surface area contributed by atoms with Gasteiger partial charge < -0.3 is 14.4 Å². The number of rotatable bonds is 4. The molecule has 0 unspecified atom stereocenters. The molecule has 0 aliphatic carbocycles. The first-order valence-electron chi connectivity index (χ1n) is 9.36. The van der Waals surface area contributed by atoms with E-state index in [1.54, 1.807) is 36.1 Å². The lowest BCUT2D eigenvalue weighted by molar-refractivity contribution is 0.102. The van der Waals surface area contributed by atoms with Gasteiger partial charge >= 0.3 is 0 Å². The molecule has 0 aliphatic heterocycles. The molecule has 0 radical (unpaired) electrons. The molecule has 0 fully saturated rings. The summed E-state index contributed by atoms with van der Waals surface area (Å²) in [5.41, 5.74) is 2.69. The van der Waals surface area contributed by atoms with Crippen molar-refractivity contribution in [3.8, 4) is 22.6 Å². The third kappa shape index (κ3) is 3.33. The van der Waals surface area contributed by atoms with Crippen LogP contribution in [0.2, 0.25) is 0 Å². The van der Waals surface area contributed by atoms with Crippen molar-refractivity contribution < 1.29 is 13.7 Å². The van der Waals surface area contributed by atoms with E-state index in [0.717, 1.165) is 11.3 Å². The van der Waals surface area contributed by atoms with Crippen molar-refractivity contribution in [1.29, 1.82) is 0 Å². The topological polar surface area (TPSA) is 103 Å². The van der Waals surface area contributed by atoms with Crippen molar-refractivity contribution in [3.63, 3.8) is 0 Å². The van der Waals surface area contributed by atoms with Crippen LogP contribution in [0.15, 0.2) is 59.8 Å². The fourth-order valence-corrected chi connectivity index (χ4v) is 3.27. The van der Waals surface area contributed by atoms with Crippen molar-refractivity contribution in [3.05, 3.63) is 72.5 Å². The van der Waals surface area contributed by atoms with E-state index < -0.39 is 11.7 Å². The first-order valence-corrected chi connectivity index (χ1v) is 9.36. The Bertz CT molecular complexity index is 1430. The Morgan fingerprint density at radius 3 is 2.81 bits per heavy atom. The second-order valence-electron chi connectivity index (χ2n) is 6.99. The van der Waals surface area contributed by atoms with Gasteiger partial charge in [-0.25, -0.2) is 13.9 Å². The van der Waals surface area contributed by atoms with Crippen molar-refractivity contribution in [2.75, 3.05) is 5.32 Å². The van der Waals surface area contributed by atoms with Crippen LogP contribution in [0.25, 0.3) is 28.2 Å². The molecule has 1 aromatic carbocycles. The van der Waals surface area contributed by atoms with Crippen LogP contribution in [0.3, 0.4) is 0 Å². The Hall–Kier alpha value is -4.34. The molecule has 5 aromatic rings. The number of anilines is 1. The average molecular weight is 417 g/mol. The second kappa shape index (κ2) is 7.17. The predicted octanol–water partition coefficient (Wildman–Crippen LogP) is 3.48. The average Bonchev–Trinajstić information content (AvgIpc) is 3.48. The van der Waals surface area contributed by atoms with E-state index in [0.29, 0.717) is 17.0 Å². The zero-order chi connectivity index (χ0) is 21.5. The standard InChI is InChI=1S/C21H16FN7O2/c1-12-25-20(27-31-12)14-4-3-5-16(19(14)22)26-21(30)15-8-24-29-9-13(6-7-18(15)29)17-10-28(2)11-23-17/h3-11H,1-2H3,(H,26,30). The summed E-state index contributed by atoms with van der Waals surface area (Å²) in [5, 5.41) is 10.6. The molecule has 0 aliphatic rings. The van der Waals surface area contributed by atoms with Gasteiger partial charge in [-0.05, 0) is 24.3 Å². The summed E-state index contributed by atoms with van der Waals surface area (Å²) < 4.78 is 23.3. The fourth-order valence-electron chi connectivity index (χ4n) is 3.27. The fraction of sp³-hybridized carbons (Fsp3) is 0.0952. The molecule has 31 heavy (non-hydrogen) atoms. The Labute approximate surface area is 175 Å². The van der Waals surface area contributed by atoms with Crippen LogP contribution in [-0.2, 0) is 7.05 Å². The Morgan fingerprint density at radius 2 is 2.06 bits per heavy atom. The van der Waals surface area contributed by atoms with E-state index in [9.17, 15) is 9.18 Å². The Kier molecular flexibility index (Phi) is 4.32. The van der Waals surface area contributed by atoms with Crippen LogP contribution in [0, 0.1) is 12.7 Å². The van der Waals surface area contributed by atoms with Gasteiger partial charge in [-0.15, -0.1) is 0 Å². The quantitative estimate of drug-likeness (QED) is 0.480. The summed E-state index contributed by atoms with van der Waals surface area (Å²) in [6, 6.07) is 8.23. The molecule has 4 aromatic heterocycles. The van der Waals surface area contributed by atoms with E-state index in [2.05, 4.69) is 25.5 Å². The first kappa shape index (κ1) is 18.7. The van der Waals surface area contributed by atoms with Gasteiger partial charge in [0, 0.05) is 31.9 Å². The highest BCUT2D eigenvalue weighted by Gasteiger charge is 2.19. The number of aryl methyl sites for hydroxylation is 2. The number of imidazole rings is 1. The van der Waals surface area contributed by atoms with Gasteiger partial charge in [-0.1, -0.05) is 11.2 Å². The van der Waals surface area contributed by atoms with Gasteiger partial charge in [0.2, 0.25) is 11.7 Å². The van der Waals surface area contributed by atoms with Crippen molar-refractivity contribution in [1.82, 2.24) is 29.3 Å². The van der Waals surface area contributed by atoms with Crippen molar-refractivity contribution in [2.24, 2.45) is 7.05 Å². The Balaban J connectivity index is 1.44. The number of aromatic nitrogens is 6. The number of nitrogens with one attached hydrogen (secondary N) is 1. The summed E-state index contributed by atoms with van der Waals surface area (Å²) in [4.78, 5) is 21.2. The molecule has 1 amide bonds. The number of amides is 1. The van der Waals surface area contributed by atoms with E-state index in [1.165, 1.54) is 18.3 Å². The van der Waals surface area contributed by atoms with Crippen LogP contribution in [0.5, 0.6) is 0 Å². The molecule has 1 N–H and O–H groups in total. The summed E-state index contributed by atoms with van der Waals surface area (Å²) in [6.07, 6.45) is 6.82. The highest BCUT2D eigenvalue weighted by molar-refractivity contribution is 6.09. The number of carbonyl (C=O) groups is 1. The molecule has 0 atom stereocenters. The maximum atomic E-state index is 15.0. The van der Waals surface area contributed by atoms with Gasteiger partial charge in [0.15, 0.2) is 5.82 Å². The summed E-state index contributed by atoms with van der Waals surface area (Å²) in [6.45, 7) is 1.62. The van der Waals surface area contributed by atoms with Gasteiger partial charge in [0.25, 0.3) is 5.91 Å². The third-order valence-electron chi connectivity index (χ3n) is 4.78. The molecule has 4 heterocycles. The minimum absolute atomic E-state index is 0.00871. The highest BCUT2D eigenvalue weighted by atomic mass is 19.1. The first-order chi connectivity index (χ1) is 15.0. The normalized spacial score (nSPS) is 11.2. The van der Waals surface area contributed by atoms with E-state index in [-0.39, 0.29) is 17.1 Å². The van der Waals surface area contributed by atoms with Crippen molar-refractivity contribution in [2.45, 2.75) is 6.92 Å².